The second-order valence-corrected chi connectivity index (χ2v) is 5.21. The molecule has 80 valence electrons. The fourth-order valence-electron chi connectivity index (χ4n) is 1.94. The van der Waals surface area contributed by atoms with Crippen LogP contribution in [-0.2, 0) is 6.42 Å². The summed E-state index contributed by atoms with van der Waals surface area (Å²) in [4.78, 5) is 4.69. The molecule has 0 saturated carbocycles. The van der Waals surface area contributed by atoms with Crippen LogP contribution < -0.4 is 0 Å². The van der Waals surface area contributed by atoms with Gasteiger partial charge in [0.15, 0.2) is 0 Å². The highest BCUT2D eigenvalue weighted by Gasteiger charge is 2.22. The van der Waals surface area contributed by atoms with Gasteiger partial charge in [0.05, 0.1) is 0 Å². The standard InChI is InChI=1S/C14H19N/c1-14(2)9-8-13(15-11-14)10-12-6-4-3-5-7-12/h3-7H,8-11H2,1-2H3. The molecule has 1 heteroatoms. The molecule has 1 nitrogen and oxygen atoms in total. The van der Waals surface area contributed by atoms with E-state index < -0.39 is 0 Å². The molecule has 1 aliphatic rings. The minimum absolute atomic E-state index is 0.417. The normalized spacial score (nSPS) is 19.7. The molecule has 1 aromatic carbocycles. The molecule has 0 N–H and O–H groups in total. The molecule has 2 rings (SSSR count). The molecule has 1 aliphatic heterocycles. The Morgan fingerprint density at radius 2 is 1.93 bits per heavy atom. The SMILES string of the molecule is CC1(C)CCC(Cc2ccccc2)=NC1. The number of hydrogen-bond acceptors (Lipinski definition) is 1. The largest absolute Gasteiger partial charge is 0.293 e. The minimum Gasteiger partial charge on any atom is -0.293 e. The van der Waals surface area contributed by atoms with E-state index in [1.54, 1.807) is 0 Å². The molecular formula is C14H19N. The van der Waals surface area contributed by atoms with Crippen LogP contribution in [0.15, 0.2) is 35.3 Å². The van der Waals surface area contributed by atoms with E-state index >= 15 is 0 Å². The van der Waals surface area contributed by atoms with Gasteiger partial charge in [-0.2, -0.15) is 0 Å². The van der Waals surface area contributed by atoms with Gasteiger partial charge in [-0.05, 0) is 23.8 Å². The lowest BCUT2D eigenvalue weighted by atomic mass is 9.83. The smallest absolute Gasteiger partial charge is 0.0440 e. The van der Waals surface area contributed by atoms with Crippen LogP contribution in [0.5, 0.6) is 0 Å². The minimum atomic E-state index is 0.417. The summed E-state index contributed by atoms with van der Waals surface area (Å²) >= 11 is 0. The van der Waals surface area contributed by atoms with Crippen LogP contribution in [0.3, 0.4) is 0 Å². The third kappa shape index (κ3) is 2.92. The van der Waals surface area contributed by atoms with Crippen LogP contribution in [0.4, 0.5) is 0 Å². The van der Waals surface area contributed by atoms with Crippen LogP contribution >= 0.6 is 0 Å². The van der Waals surface area contributed by atoms with Gasteiger partial charge in [0.25, 0.3) is 0 Å². The van der Waals surface area contributed by atoms with Crippen LogP contribution in [0.25, 0.3) is 0 Å². The molecule has 0 bridgehead atoms. The van der Waals surface area contributed by atoms with Crippen molar-refractivity contribution in [3.8, 4) is 0 Å². The summed E-state index contributed by atoms with van der Waals surface area (Å²) < 4.78 is 0. The van der Waals surface area contributed by atoms with Crippen molar-refractivity contribution in [3.05, 3.63) is 35.9 Å². The van der Waals surface area contributed by atoms with Gasteiger partial charge in [-0.25, -0.2) is 0 Å². The maximum absolute atomic E-state index is 4.69. The molecule has 15 heavy (non-hydrogen) atoms. The molecule has 0 saturated heterocycles. The lowest BCUT2D eigenvalue weighted by Gasteiger charge is -2.27. The van der Waals surface area contributed by atoms with E-state index in [0.29, 0.717) is 5.41 Å². The Morgan fingerprint density at radius 1 is 1.20 bits per heavy atom. The number of aliphatic imine (C=N–C) groups is 1. The van der Waals surface area contributed by atoms with E-state index in [9.17, 15) is 0 Å². The predicted octanol–water partition coefficient (Wildman–Crippen LogP) is 3.49. The average Bonchev–Trinajstić information content (AvgIpc) is 2.23. The topological polar surface area (TPSA) is 12.4 Å². The number of hydrogen-bond donors (Lipinski definition) is 0. The summed E-state index contributed by atoms with van der Waals surface area (Å²) in [6, 6.07) is 10.6. The van der Waals surface area contributed by atoms with Gasteiger partial charge in [0.1, 0.15) is 0 Å². The molecule has 0 aromatic heterocycles. The van der Waals surface area contributed by atoms with Crippen molar-refractivity contribution in [1.29, 1.82) is 0 Å². The molecule has 0 fully saturated rings. The summed E-state index contributed by atoms with van der Waals surface area (Å²) in [5, 5.41) is 0. The van der Waals surface area contributed by atoms with Crippen LogP contribution in [-0.4, -0.2) is 12.3 Å². The van der Waals surface area contributed by atoms with E-state index in [4.69, 9.17) is 4.99 Å². The zero-order valence-electron chi connectivity index (χ0n) is 9.66. The first-order valence-electron chi connectivity index (χ1n) is 5.72. The first-order valence-corrected chi connectivity index (χ1v) is 5.72. The Labute approximate surface area is 92.2 Å². The van der Waals surface area contributed by atoms with Crippen LogP contribution in [0.2, 0.25) is 0 Å². The number of benzene rings is 1. The van der Waals surface area contributed by atoms with Crippen molar-refractivity contribution in [1.82, 2.24) is 0 Å². The lowest BCUT2D eigenvalue weighted by molar-refractivity contribution is 0.342. The van der Waals surface area contributed by atoms with Crippen LogP contribution in [0.1, 0.15) is 32.3 Å². The van der Waals surface area contributed by atoms with Crippen molar-refractivity contribution in [2.75, 3.05) is 6.54 Å². The highest BCUT2D eigenvalue weighted by Crippen LogP contribution is 2.27. The zero-order chi connectivity index (χ0) is 10.7. The molecule has 1 heterocycles. The Balaban J connectivity index is 2.00. The van der Waals surface area contributed by atoms with Gasteiger partial charge in [0.2, 0.25) is 0 Å². The first-order chi connectivity index (χ1) is 7.16. The van der Waals surface area contributed by atoms with Gasteiger partial charge < -0.3 is 0 Å². The van der Waals surface area contributed by atoms with Gasteiger partial charge in [-0.15, -0.1) is 0 Å². The third-order valence-corrected chi connectivity index (χ3v) is 3.07. The lowest BCUT2D eigenvalue weighted by Crippen LogP contribution is -2.24. The Bertz CT molecular complexity index is 349. The Kier molecular flexibility index (Phi) is 2.90. The zero-order valence-corrected chi connectivity index (χ0v) is 9.66. The number of nitrogens with zero attached hydrogens (tertiary/aromatic N) is 1. The monoisotopic (exact) mass is 201 g/mol. The summed E-state index contributed by atoms with van der Waals surface area (Å²) in [6.07, 6.45) is 3.48. The fourth-order valence-corrected chi connectivity index (χ4v) is 1.94. The molecule has 0 amide bonds. The Morgan fingerprint density at radius 3 is 2.53 bits per heavy atom. The summed E-state index contributed by atoms with van der Waals surface area (Å²) in [7, 11) is 0. The predicted molar refractivity (Wildman–Crippen MR) is 65.5 cm³/mol. The molecule has 0 aliphatic carbocycles. The fraction of sp³-hybridized carbons (Fsp3) is 0.500. The summed E-state index contributed by atoms with van der Waals surface area (Å²) in [6.45, 7) is 5.60. The number of rotatable bonds is 2. The molecule has 0 radical (unpaired) electrons. The maximum atomic E-state index is 4.69. The van der Waals surface area contributed by atoms with Gasteiger partial charge in [-0.3, -0.25) is 4.99 Å². The quantitative estimate of drug-likeness (QED) is 0.694. The second-order valence-electron chi connectivity index (χ2n) is 5.21. The van der Waals surface area contributed by atoms with E-state index in [-0.39, 0.29) is 0 Å². The highest BCUT2D eigenvalue weighted by atomic mass is 14.8. The molecule has 0 unspecified atom stereocenters. The summed E-state index contributed by atoms with van der Waals surface area (Å²) in [5.74, 6) is 0. The first kappa shape index (κ1) is 10.4. The second kappa shape index (κ2) is 4.18. The molecule has 0 atom stereocenters. The van der Waals surface area contributed by atoms with Crippen LogP contribution in [0, 0.1) is 5.41 Å². The maximum Gasteiger partial charge on any atom is 0.0440 e. The van der Waals surface area contributed by atoms with Gasteiger partial charge >= 0.3 is 0 Å². The van der Waals surface area contributed by atoms with E-state index in [2.05, 4.69) is 44.2 Å². The van der Waals surface area contributed by atoms with Gasteiger partial charge in [-0.1, -0.05) is 44.2 Å². The van der Waals surface area contributed by atoms with E-state index in [1.165, 1.54) is 24.1 Å². The average molecular weight is 201 g/mol. The van der Waals surface area contributed by atoms with E-state index in [1.807, 2.05) is 0 Å². The molecule has 1 aromatic rings. The van der Waals surface area contributed by atoms with Crippen molar-refractivity contribution in [2.45, 2.75) is 33.1 Å². The van der Waals surface area contributed by atoms with Crippen molar-refractivity contribution < 1.29 is 0 Å². The van der Waals surface area contributed by atoms with E-state index in [0.717, 1.165) is 13.0 Å². The van der Waals surface area contributed by atoms with Gasteiger partial charge in [0, 0.05) is 18.7 Å². The van der Waals surface area contributed by atoms with Crippen molar-refractivity contribution in [3.63, 3.8) is 0 Å². The molecule has 0 spiro atoms. The highest BCUT2D eigenvalue weighted by molar-refractivity contribution is 5.87. The third-order valence-electron chi connectivity index (χ3n) is 3.07. The molecular weight excluding hydrogens is 182 g/mol. The van der Waals surface area contributed by atoms with Crippen molar-refractivity contribution in [2.24, 2.45) is 10.4 Å². The Hall–Kier alpha value is -1.11. The summed E-state index contributed by atoms with van der Waals surface area (Å²) in [5.41, 5.74) is 3.18. The van der Waals surface area contributed by atoms with Crippen molar-refractivity contribution >= 4 is 5.71 Å².